The lowest BCUT2D eigenvalue weighted by atomic mass is 9.99. The van der Waals surface area contributed by atoms with Gasteiger partial charge in [0, 0.05) is 24.0 Å². The Morgan fingerprint density at radius 1 is 1.00 bits per heavy atom. The molecule has 0 amide bonds. The van der Waals surface area contributed by atoms with Crippen LogP contribution in [0.1, 0.15) is 5.56 Å². The first-order valence-corrected chi connectivity index (χ1v) is 7.55. The van der Waals surface area contributed by atoms with Gasteiger partial charge < -0.3 is 13.4 Å². The van der Waals surface area contributed by atoms with E-state index in [2.05, 4.69) is 29.7 Å². The van der Waals surface area contributed by atoms with Gasteiger partial charge in [0.05, 0.1) is 17.0 Å². The van der Waals surface area contributed by atoms with Gasteiger partial charge in [0.2, 0.25) is 0 Å². The molecule has 0 spiro atoms. The van der Waals surface area contributed by atoms with E-state index < -0.39 is 0 Å². The SMILES string of the molecule is Cc1ccc2cccc3oc4c5cc(=[NH2+])oc5cn(C)c4c1c23. The van der Waals surface area contributed by atoms with Crippen LogP contribution in [0.25, 0.3) is 43.8 Å². The highest BCUT2D eigenvalue weighted by Gasteiger charge is 2.17. The summed E-state index contributed by atoms with van der Waals surface area (Å²) < 4.78 is 13.9. The zero-order valence-corrected chi connectivity index (χ0v) is 12.9. The molecule has 112 valence electrons. The van der Waals surface area contributed by atoms with Crippen LogP contribution < -0.4 is 11.0 Å². The molecule has 0 saturated heterocycles. The van der Waals surface area contributed by atoms with Crippen LogP contribution in [0, 0.1) is 6.92 Å². The molecule has 2 N–H and O–H groups in total. The molecular weight excluding hydrogens is 288 g/mol. The second-order valence-corrected chi connectivity index (χ2v) is 6.06. The lowest BCUT2D eigenvalue weighted by molar-refractivity contribution is -0.196. The summed E-state index contributed by atoms with van der Waals surface area (Å²) in [7, 11) is 2.01. The third kappa shape index (κ3) is 1.52. The standard InChI is InChI=1S/C19H14N2O2/c1-10-6-7-11-4-3-5-13-17(11)16(10)18-19(23-13)12-8-15(20)22-14(12)9-21(18)2/h3-9,20H,1-2H3/p+1. The number of furan rings is 1. The Hall–Kier alpha value is -3.01. The van der Waals surface area contributed by atoms with Crippen LogP contribution >= 0.6 is 0 Å². The Morgan fingerprint density at radius 2 is 1.87 bits per heavy atom. The van der Waals surface area contributed by atoms with Crippen LogP contribution in [0.4, 0.5) is 0 Å². The second kappa shape index (κ2) is 4.04. The molecule has 4 heteroatoms. The zero-order valence-electron chi connectivity index (χ0n) is 12.9. The quantitative estimate of drug-likeness (QED) is 0.353. The van der Waals surface area contributed by atoms with Crippen LogP contribution in [0.3, 0.4) is 0 Å². The predicted octanol–water partition coefficient (Wildman–Crippen LogP) is 2.79. The minimum Gasteiger partial charge on any atom is -0.454 e. The Labute approximate surface area is 131 Å². The van der Waals surface area contributed by atoms with Crippen molar-refractivity contribution in [3.05, 3.63) is 53.7 Å². The van der Waals surface area contributed by atoms with E-state index in [0.29, 0.717) is 5.55 Å². The smallest absolute Gasteiger partial charge is 0.365 e. The Bertz CT molecular complexity index is 1300. The lowest BCUT2D eigenvalue weighted by Gasteiger charge is -2.14. The van der Waals surface area contributed by atoms with Gasteiger partial charge in [-0.15, -0.1) is 0 Å². The summed E-state index contributed by atoms with van der Waals surface area (Å²) in [5.74, 6) is 0. The number of pyridine rings is 1. The predicted molar refractivity (Wildman–Crippen MR) is 89.8 cm³/mol. The summed E-state index contributed by atoms with van der Waals surface area (Å²) in [5, 5.41) is 10.3. The minimum absolute atomic E-state index is 0.394. The molecule has 0 aliphatic carbocycles. The van der Waals surface area contributed by atoms with Gasteiger partial charge >= 0.3 is 5.55 Å². The number of nitrogens with two attached hydrogens (primary N) is 1. The first-order valence-electron chi connectivity index (χ1n) is 7.55. The molecule has 2 aromatic carbocycles. The molecule has 0 aliphatic rings. The Morgan fingerprint density at radius 3 is 2.74 bits per heavy atom. The Balaban J connectivity index is 2.24. The molecule has 3 heterocycles. The van der Waals surface area contributed by atoms with Gasteiger partial charge in [0.25, 0.3) is 0 Å². The number of aromatic nitrogens is 1. The van der Waals surface area contributed by atoms with Gasteiger partial charge in [-0.25, -0.2) is 5.41 Å². The summed E-state index contributed by atoms with van der Waals surface area (Å²) in [6.07, 6.45) is 1.96. The van der Waals surface area contributed by atoms with E-state index >= 15 is 0 Å². The van der Waals surface area contributed by atoms with E-state index in [1.807, 2.05) is 31.4 Å². The zero-order chi connectivity index (χ0) is 15.7. The van der Waals surface area contributed by atoms with E-state index in [9.17, 15) is 0 Å². The molecule has 0 atom stereocenters. The molecule has 0 aliphatic heterocycles. The third-order valence-electron chi connectivity index (χ3n) is 4.57. The van der Waals surface area contributed by atoms with Crippen LogP contribution in [0.5, 0.6) is 0 Å². The van der Waals surface area contributed by atoms with Gasteiger partial charge in [0.1, 0.15) is 5.58 Å². The first-order chi connectivity index (χ1) is 11.1. The number of nitrogens with zero attached hydrogens (tertiary/aromatic N) is 1. The fraction of sp³-hybridized carbons (Fsp3) is 0.105. The van der Waals surface area contributed by atoms with E-state index in [4.69, 9.17) is 14.2 Å². The Kier molecular flexibility index (Phi) is 2.20. The average molecular weight is 303 g/mol. The van der Waals surface area contributed by atoms with Gasteiger partial charge in [0.15, 0.2) is 11.2 Å². The van der Waals surface area contributed by atoms with Gasteiger partial charge in [-0.3, -0.25) is 0 Å². The fourth-order valence-electron chi connectivity index (χ4n) is 3.57. The van der Waals surface area contributed by atoms with Gasteiger partial charge in [-0.1, -0.05) is 24.3 Å². The molecule has 0 fully saturated rings. The molecule has 0 saturated carbocycles. The third-order valence-corrected chi connectivity index (χ3v) is 4.57. The lowest BCUT2D eigenvalue weighted by Crippen LogP contribution is -2.43. The molecule has 23 heavy (non-hydrogen) atoms. The van der Waals surface area contributed by atoms with Crippen molar-refractivity contribution in [2.75, 3.05) is 0 Å². The number of benzene rings is 2. The average Bonchev–Trinajstić information content (AvgIpc) is 2.90. The largest absolute Gasteiger partial charge is 0.454 e. The van der Waals surface area contributed by atoms with Crippen molar-refractivity contribution in [2.24, 2.45) is 7.05 Å². The van der Waals surface area contributed by atoms with Gasteiger partial charge in [-0.05, 0) is 23.9 Å². The molecule has 0 radical (unpaired) electrons. The van der Waals surface area contributed by atoms with E-state index in [-0.39, 0.29) is 0 Å². The molecule has 5 rings (SSSR count). The van der Waals surface area contributed by atoms with Crippen LogP contribution in [0.2, 0.25) is 0 Å². The van der Waals surface area contributed by atoms with Gasteiger partial charge in [-0.2, -0.15) is 0 Å². The molecule has 0 bridgehead atoms. The summed E-state index contributed by atoms with van der Waals surface area (Å²) in [6.45, 7) is 2.13. The molecule has 0 unspecified atom stereocenters. The first kappa shape index (κ1) is 12.5. The van der Waals surface area contributed by atoms with Crippen LogP contribution in [-0.2, 0) is 7.05 Å². The second-order valence-electron chi connectivity index (χ2n) is 6.06. The highest BCUT2D eigenvalue weighted by atomic mass is 16.3. The fourth-order valence-corrected chi connectivity index (χ4v) is 3.57. The maximum atomic E-state index is 6.28. The van der Waals surface area contributed by atoms with Crippen molar-refractivity contribution in [2.45, 2.75) is 6.92 Å². The summed E-state index contributed by atoms with van der Waals surface area (Å²) in [6, 6.07) is 12.3. The number of hydrogen-bond acceptors (Lipinski definition) is 2. The highest BCUT2D eigenvalue weighted by molar-refractivity contribution is 6.20. The topological polar surface area (TPSA) is 56.8 Å². The van der Waals surface area contributed by atoms with Crippen molar-refractivity contribution >= 4 is 43.8 Å². The van der Waals surface area contributed by atoms with Crippen LogP contribution in [-0.4, -0.2) is 4.57 Å². The van der Waals surface area contributed by atoms with Crippen molar-refractivity contribution in [3.8, 4) is 0 Å². The van der Waals surface area contributed by atoms with Crippen molar-refractivity contribution in [1.82, 2.24) is 4.57 Å². The van der Waals surface area contributed by atoms with E-state index in [1.54, 1.807) is 0 Å². The summed E-state index contributed by atoms with van der Waals surface area (Å²) in [4.78, 5) is 0. The number of aryl methyl sites for hydroxylation is 2. The maximum absolute atomic E-state index is 6.28. The molecule has 5 aromatic rings. The maximum Gasteiger partial charge on any atom is 0.365 e. The highest BCUT2D eigenvalue weighted by Crippen LogP contribution is 2.37. The minimum atomic E-state index is 0.394. The molecule has 4 nitrogen and oxygen atoms in total. The normalized spacial score (nSPS) is 12.1. The van der Waals surface area contributed by atoms with E-state index in [0.717, 1.165) is 33.0 Å². The van der Waals surface area contributed by atoms with Crippen molar-refractivity contribution < 1.29 is 14.2 Å². The van der Waals surface area contributed by atoms with Crippen LogP contribution in [0.15, 0.2) is 51.4 Å². The number of rotatable bonds is 0. The summed E-state index contributed by atoms with van der Waals surface area (Å²) in [5.41, 5.74) is 5.08. The van der Waals surface area contributed by atoms with Crippen molar-refractivity contribution in [3.63, 3.8) is 0 Å². The van der Waals surface area contributed by atoms with Crippen molar-refractivity contribution in [1.29, 1.82) is 0 Å². The molecular formula is C19H15N2O2+. The number of hydrogen-bond donors (Lipinski definition) is 1. The number of fused-ring (bicyclic) bond motifs is 4. The monoisotopic (exact) mass is 303 g/mol. The molecule has 3 aromatic heterocycles. The summed E-state index contributed by atoms with van der Waals surface area (Å²) >= 11 is 0. The van der Waals surface area contributed by atoms with E-state index in [1.165, 1.54) is 16.3 Å².